The van der Waals surface area contributed by atoms with Crippen molar-refractivity contribution in [2.75, 3.05) is 13.7 Å². The van der Waals surface area contributed by atoms with Crippen LogP contribution < -0.4 is 9.47 Å². The Kier molecular flexibility index (Phi) is 6.10. The lowest BCUT2D eigenvalue weighted by Gasteiger charge is -2.08. The van der Waals surface area contributed by atoms with Crippen LogP contribution in [0.2, 0.25) is 5.02 Å². The van der Waals surface area contributed by atoms with Crippen LogP contribution in [0.1, 0.15) is 12.0 Å². The lowest BCUT2D eigenvalue weighted by molar-refractivity contribution is -0.145. The largest absolute Gasteiger partial charge is 0.497 e. The van der Waals surface area contributed by atoms with Gasteiger partial charge in [-0.3, -0.25) is 4.79 Å². The summed E-state index contributed by atoms with van der Waals surface area (Å²) in [4.78, 5) is 11.6. The van der Waals surface area contributed by atoms with Crippen molar-refractivity contribution in [2.45, 2.75) is 13.0 Å². The van der Waals surface area contributed by atoms with Gasteiger partial charge in [-0.2, -0.15) is 0 Å². The van der Waals surface area contributed by atoms with Crippen LogP contribution >= 0.6 is 11.6 Å². The van der Waals surface area contributed by atoms with Gasteiger partial charge in [-0.15, -0.1) is 0 Å². The SMILES string of the molecule is COc1ccc(OCCC(=O)OCc2ccc(Cl)cc2)cc1. The highest BCUT2D eigenvalue weighted by Crippen LogP contribution is 2.17. The van der Waals surface area contributed by atoms with Crippen molar-refractivity contribution in [1.29, 1.82) is 0 Å². The summed E-state index contributed by atoms with van der Waals surface area (Å²) in [6.45, 7) is 0.504. The highest BCUT2D eigenvalue weighted by molar-refractivity contribution is 6.30. The van der Waals surface area contributed by atoms with Crippen LogP contribution in [0.4, 0.5) is 0 Å². The van der Waals surface area contributed by atoms with Gasteiger partial charge < -0.3 is 14.2 Å². The number of methoxy groups -OCH3 is 1. The average Bonchev–Trinajstić information content (AvgIpc) is 2.55. The summed E-state index contributed by atoms with van der Waals surface area (Å²) in [5, 5.41) is 0.656. The number of hydrogen-bond donors (Lipinski definition) is 0. The molecule has 2 aromatic carbocycles. The molecule has 0 aliphatic carbocycles. The van der Waals surface area contributed by atoms with Crippen molar-refractivity contribution in [1.82, 2.24) is 0 Å². The van der Waals surface area contributed by atoms with E-state index in [-0.39, 0.29) is 25.6 Å². The monoisotopic (exact) mass is 320 g/mol. The zero-order valence-electron chi connectivity index (χ0n) is 12.3. The van der Waals surface area contributed by atoms with Gasteiger partial charge in [-0.1, -0.05) is 23.7 Å². The molecule has 0 amide bonds. The Balaban J connectivity index is 1.67. The molecule has 22 heavy (non-hydrogen) atoms. The number of benzene rings is 2. The third-order valence-electron chi connectivity index (χ3n) is 2.95. The van der Waals surface area contributed by atoms with E-state index in [1.54, 1.807) is 43.5 Å². The van der Waals surface area contributed by atoms with E-state index >= 15 is 0 Å². The minimum Gasteiger partial charge on any atom is -0.497 e. The summed E-state index contributed by atoms with van der Waals surface area (Å²) in [5.74, 6) is 1.14. The van der Waals surface area contributed by atoms with Gasteiger partial charge in [0, 0.05) is 5.02 Å². The van der Waals surface area contributed by atoms with Crippen molar-refractivity contribution in [3.8, 4) is 11.5 Å². The van der Waals surface area contributed by atoms with Gasteiger partial charge in [0.15, 0.2) is 0 Å². The first kappa shape index (κ1) is 16.2. The first-order chi connectivity index (χ1) is 10.7. The number of rotatable bonds is 7. The molecule has 4 nitrogen and oxygen atoms in total. The number of hydrogen-bond acceptors (Lipinski definition) is 4. The van der Waals surface area contributed by atoms with Crippen molar-refractivity contribution >= 4 is 17.6 Å². The smallest absolute Gasteiger partial charge is 0.309 e. The van der Waals surface area contributed by atoms with Crippen LogP contribution in [0.15, 0.2) is 48.5 Å². The van der Waals surface area contributed by atoms with Gasteiger partial charge >= 0.3 is 5.97 Å². The van der Waals surface area contributed by atoms with Crippen molar-refractivity contribution in [2.24, 2.45) is 0 Å². The molecule has 116 valence electrons. The second-order valence-corrected chi connectivity index (χ2v) is 5.00. The molecule has 0 aromatic heterocycles. The van der Waals surface area contributed by atoms with E-state index in [9.17, 15) is 4.79 Å². The predicted octanol–water partition coefficient (Wildman–Crippen LogP) is 3.86. The number of ether oxygens (including phenoxy) is 3. The quantitative estimate of drug-likeness (QED) is 0.727. The van der Waals surface area contributed by atoms with Gasteiger partial charge in [0.25, 0.3) is 0 Å². The molecule has 2 rings (SSSR count). The van der Waals surface area contributed by atoms with Crippen LogP contribution in [-0.4, -0.2) is 19.7 Å². The van der Waals surface area contributed by atoms with E-state index in [1.165, 1.54) is 0 Å². The molecule has 2 aromatic rings. The van der Waals surface area contributed by atoms with Crippen LogP contribution in [0.3, 0.4) is 0 Å². The fraction of sp³-hybridized carbons (Fsp3) is 0.235. The lowest BCUT2D eigenvalue weighted by Crippen LogP contribution is -2.09. The molecule has 0 bridgehead atoms. The molecular weight excluding hydrogens is 304 g/mol. The maximum atomic E-state index is 11.6. The standard InChI is InChI=1S/C17H17ClO4/c1-20-15-6-8-16(9-7-15)21-11-10-17(19)22-12-13-2-4-14(18)5-3-13/h2-9H,10-12H2,1H3. The van der Waals surface area contributed by atoms with Gasteiger partial charge in [-0.05, 0) is 42.0 Å². The number of carbonyl (C=O) groups excluding carboxylic acids is 1. The fourth-order valence-corrected chi connectivity index (χ4v) is 1.87. The summed E-state index contributed by atoms with van der Waals surface area (Å²) >= 11 is 5.79. The topological polar surface area (TPSA) is 44.8 Å². The van der Waals surface area contributed by atoms with Crippen LogP contribution in [0.5, 0.6) is 11.5 Å². The summed E-state index contributed by atoms with van der Waals surface area (Å²) < 4.78 is 15.7. The zero-order valence-corrected chi connectivity index (χ0v) is 13.0. The molecule has 0 fully saturated rings. The first-order valence-corrected chi connectivity index (χ1v) is 7.22. The fourth-order valence-electron chi connectivity index (χ4n) is 1.74. The van der Waals surface area contributed by atoms with Gasteiger partial charge in [0.2, 0.25) is 0 Å². The highest BCUT2D eigenvalue weighted by Gasteiger charge is 2.04. The molecule has 0 N–H and O–H groups in total. The van der Waals surface area contributed by atoms with E-state index < -0.39 is 0 Å². The van der Waals surface area contributed by atoms with E-state index in [0.29, 0.717) is 10.8 Å². The van der Waals surface area contributed by atoms with E-state index in [4.69, 9.17) is 25.8 Å². The minimum atomic E-state index is -0.302. The van der Waals surface area contributed by atoms with Crippen molar-refractivity contribution < 1.29 is 19.0 Å². The van der Waals surface area contributed by atoms with Gasteiger partial charge in [0.05, 0.1) is 20.1 Å². The van der Waals surface area contributed by atoms with E-state index in [0.717, 1.165) is 11.3 Å². The first-order valence-electron chi connectivity index (χ1n) is 6.84. The van der Waals surface area contributed by atoms with Gasteiger partial charge in [0.1, 0.15) is 18.1 Å². The molecule has 0 aliphatic rings. The lowest BCUT2D eigenvalue weighted by atomic mass is 10.2. The van der Waals surface area contributed by atoms with Crippen LogP contribution in [0.25, 0.3) is 0 Å². The predicted molar refractivity (Wildman–Crippen MR) is 84.4 cm³/mol. The van der Waals surface area contributed by atoms with Crippen LogP contribution in [0, 0.1) is 0 Å². The molecule has 5 heteroatoms. The normalized spacial score (nSPS) is 10.1. The minimum absolute atomic E-state index is 0.194. The molecule has 0 unspecified atom stereocenters. The zero-order chi connectivity index (χ0) is 15.8. The summed E-state index contributed by atoms with van der Waals surface area (Å²) in [7, 11) is 1.60. The Bertz CT molecular complexity index is 593. The Morgan fingerprint density at radius 1 is 1.00 bits per heavy atom. The Hall–Kier alpha value is -2.20. The average molecular weight is 321 g/mol. The number of carbonyl (C=O) groups is 1. The van der Waals surface area contributed by atoms with Crippen molar-refractivity contribution in [3.05, 3.63) is 59.1 Å². The Labute approximate surface area is 134 Å². The maximum Gasteiger partial charge on any atom is 0.309 e. The summed E-state index contributed by atoms with van der Waals surface area (Å²) in [5.41, 5.74) is 0.897. The molecule has 0 atom stereocenters. The Morgan fingerprint density at radius 3 is 2.27 bits per heavy atom. The highest BCUT2D eigenvalue weighted by atomic mass is 35.5. The van der Waals surface area contributed by atoms with Crippen LogP contribution in [-0.2, 0) is 16.1 Å². The van der Waals surface area contributed by atoms with Gasteiger partial charge in [-0.25, -0.2) is 0 Å². The Morgan fingerprint density at radius 2 is 1.64 bits per heavy atom. The molecule has 0 saturated heterocycles. The molecular formula is C17H17ClO4. The molecule has 0 heterocycles. The second kappa shape index (κ2) is 8.29. The number of halogens is 1. The molecule has 0 aliphatic heterocycles. The van der Waals surface area contributed by atoms with E-state index in [2.05, 4.69) is 0 Å². The molecule has 0 radical (unpaired) electrons. The van der Waals surface area contributed by atoms with E-state index in [1.807, 2.05) is 12.1 Å². The number of esters is 1. The second-order valence-electron chi connectivity index (χ2n) is 4.56. The maximum absolute atomic E-state index is 11.6. The third kappa shape index (κ3) is 5.30. The molecule has 0 spiro atoms. The summed E-state index contributed by atoms with van der Waals surface area (Å²) in [6.07, 6.45) is 0.194. The summed E-state index contributed by atoms with van der Waals surface area (Å²) in [6, 6.07) is 14.3. The van der Waals surface area contributed by atoms with Crippen molar-refractivity contribution in [3.63, 3.8) is 0 Å². The third-order valence-corrected chi connectivity index (χ3v) is 3.20. The molecule has 0 saturated carbocycles.